The fourth-order valence-electron chi connectivity index (χ4n) is 2.41. The monoisotopic (exact) mass is 291 g/mol. The lowest BCUT2D eigenvalue weighted by Gasteiger charge is -2.27. The molecule has 1 N–H and O–H groups in total. The van der Waals surface area contributed by atoms with E-state index in [1.165, 1.54) is 12.7 Å². The van der Waals surface area contributed by atoms with Crippen molar-refractivity contribution < 1.29 is 14.3 Å². The van der Waals surface area contributed by atoms with Gasteiger partial charge in [-0.05, 0) is 31.7 Å². The molecule has 0 bridgehead atoms. The molecular weight excluding hydrogens is 266 g/mol. The van der Waals surface area contributed by atoms with Crippen molar-refractivity contribution in [3.63, 3.8) is 0 Å². The van der Waals surface area contributed by atoms with Gasteiger partial charge in [-0.1, -0.05) is 43.7 Å². The maximum Gasteiger partial charge on any atom is 0.331 e. The van der Waals surface area contributed by atoms with E-state index in [9.17, 15) is 9.59 Å². The Labute approximate surface area is 126 Å². The van der Waals surface area contributed by atoms with Gasteiger partial charge in [0, 0.05) is 6.42 Å². The molecule has 116 valence electrons. The van der Waals surface area contributed by atoms with Crippen molar-refractivity contribution in [3.05, 3.63) is 35.9 Å². The summed E-state index contributed by atoms with van der Waals surface area (Å²) in [5.74, 6) is -0.493. The molecule has 0 heterocycles. The first-order valence-corrected chi connectivity index (χ1v) is 7.45. The van der Waals surface area contributed by atoms with Crippen LogP contribution in [0.4, 0.5) is 0 Å². The molecule has 0 aromatic heterocycles. The van der Waals surface area contributed by atoms with Crippen LogP contribution in [0.25, 0.3) is 0 Å². The lowest BCUT2D eigenvalue weighted by Crippen LogP contribution is -2.52. The van der Waals surface area contributed by atoms with Crippen molar-refractivity contribution in [3.8, 4) is 0 Å². The van der Waals surface area contributed by atoms with Crippen molar-refractivity contribution >= 4 is 11.9 Å². The van der Waals surface area contributed by atoms with E-state index in [-0.39, 0.29) is 11.9 Å². The highest BCUT2D eigenvalue weighted by Gasteiger charge is 2.34. The number of nitrogens with one attached hydrogen (secondary N) is 1. The third-order valence-electron chi connectivity index (χ3n) is 3.51. The zero-order valence-electron chi connectivity index (χ0n) is 13.1. The number of rotatable bonds is 8. The normalized spacial score (nSPS) is 13.3. The van der Waals surface area contributed by atoms with Crippen LogP contribution in [0.15, 0.2) is 30.3 Å². The molecule has 0 fully saturated rings. The van der Waals surface area contributed by atoms with Crippen LogP contribution in [0.5, 0.6) is 0 Å². The molecule has 0 aliphatic rings. The summed E-state index contributed by atoms with van der Waals surface area (Å²) in [6, 6.07) is 10.1. The van der Waals surface area contributed by atoms with Gasteiger partial charge in [-0.15, -0.1) is 0 Å². The molecule has 0 aliphatic heterocycles. The molecule has 1 unspecified atom stereocenters. The van der Waals surface area contributed by atoms with E-state index in [0.717, 1.165) is 19.3 Å². The topological polar surface area (TPSA) is 55.4 Å². The largest absolute Gasteiger partial charge is 0.467 e. The highest BCUT2D eigenvalue weighted by atomic mass is 16.5. The summed E-state index contributed by atoms with van der Waals surface area (Å²) < 4.78 is 4.79. The van der Waals surface area contributed by atoms with Crippen LogP contribution in [0.1, 0.15) is 45.1 Å². The summed E-state index contributed by atoms with van der Waals surface area (Å²) in [5.41, 5.74) is 0.294. The molecular formula is C17H25NO3. The molecule has 1 atom stereocenters. The summed E-state index contributed by atoms with van der Waals surface area (Å²) in [4.78, 5) is 23.8. The first-order valence-electron chi connectivity index (χ1n) is 7.45. The van der Waals surface area contributed by atoms with Crippen molar-refractivity contribution in [2.45, 2.75) is 51.5 Å². The van der Waals surface area contributed by atoms with Gasteiger partial charge in [-0.2, -0.15) is 0 Å². The molecule has 1 amide bonds. The van der Waals surface area contributed by atoms with Gasteiger partial charge < -0.3 is 10.1 Å². The summed E-state index contributed by atoms with van der Waals surface area (Å²) in [6.07, 6.45) is 3.40. The van der Waals surface area contributed by atoms with Gasteiger partial charge in [0.25, 0.3) is 0 Å². The van der Waals surface area contributed by atoms with Gasteiger partial charge in [0.1, 0.15) is 5.54 Å². The van der Waals surface area contributed by atoms with E-state index in [1.54, 1.807) is 6.92 Å². The molecule has 1 aromatic rings. The molecule has 21 heavy (non-hydrogen) atoms. The van der Waals surface area contributed by atoms with E-state index in [2.05, 4.69) is 5.32 Å². The van der Waals surface area contributed by atoms with Crippen molar-refractivity contribution in [2.24, 2.45) is 0 Å². The van der Waals surface area contributed by atoms with Crippen LogP contribution in [0.2, 0.25) is 0 Å². The maximum absolute atomic E-state index is 12.0. The van der Waals surface area contributed by atoms with Crippen LogP contribution < -0.4 is 5.32 Å². The smallest absolute Gasteiger partial charge is 0.331 e. The van der Waals surface area contributed by atoms with Crippen molar-refractivity contribution in [1.29, 1.82) is 0 Å². The fraction of sp³-hybridized carbons (Fsp3) is 0.529. The Kier molecular flexibility index (Phi) is 6.92. The summed E-state index contributed by atoms with van der Waals surface area (Å²) in [7, 11) is 1.35. The second kappa shape index (κ2) is 8.45. The molecule has 0 aliphatic carbocycles. The SMILES string of the molecule is CCCC(C)(NC(=O)CCCc1ccccc1)C(=O)OC. The summed E-state index contributed by atoms with van der Waals surface area (Å²) in [6.45, 7) is 3.69. The van der Waals surface area contributed by atoms with Crippen LogP contribution in [-0.2, 0) is 20.7 Å². The Bertz CT molecular complexity index is 458. The molecule has 0 saturated heterocycles. The van der Waals surface area contributed by atoms with Gasteiger partial charge >= 0.3 is 5.97 Å². The number of methoxy groups -OCH3 is 1. The van der Waals surface area contributed by atoms with Gasteiger partial charge in [-0.3, -0.25) is 4.79 Å². The number of carbonyl (C=O) groups excluding carboxylic acids is 2. The van der Waals surface area contributed by atoms with Crippen molar-refractivity contribution in [2.75, 3.05) is 7.11 Å². The van der Waals surface area contributed by atoms with Crippen LogP contribution in [0.3, 0.4) is 0 Å². The third-order valence-corrected chi connectivity index (χ3v) is 3.51. The lowest BCUT2D eigenvalue weighted by molar-refractivity contribution is -0.150. The molecule has 4 heteroatoms. The minimum atomic E-state index is -0.923. The Hall–Kier alpha value is -1.84. The predicted molar refractivity (Wildman–Crippen MR) is 82.9 cm³/mol. The standard InChI is InChI=1S/C17H25NO3/c1-4-13-17(2,16(20)21-3)18-15(19)12-8-11-14-9-6-5-7-10-14/h5-7,9-10H,4,8,11-13H2,1-3H3,(H,18,19). The minimum Gasteiger partial charge on any atom is -0.467 e. The first kappa shape index (κ1) is 17.2. The number of esters is 1. The number of hydrogen-bond donors (Lipinski definition) is 1. The predicted octanol–water partition coefficient (Wildman–Crippen LogP) is 2.86. The minimum absolute atomic E-state index is 0.104. The Balaban J connectivity index is 2.45. The molecule has 1 aromatic carbocycles. The van der Waals surface area contributed by atoms with Crippen LogP contribution >= 0.6 is 0 Å². The van der Waals surface area contributed by atoms with Gasteiger partial charge in [0.2, 0.25) is 5.91 Å². The van der Waals surface area contributed by atoms with Gasteiger partial charge in [0.05, 0.1) is 7.11 Å². The number of carbonyl (C=O) groups is 2. The number of ether oxygens (including phenoxy) is 1. The molecule has 0 spiro atoms. The Morgan fingerprint density at radius 3 is 2.48 bits per heavy atom. The van der Waals surface area contributed by atoms with Gasteiger partial charge in [-0.25, -0.2) is 4.79 Å². The number of hydrogen-bond acceptors (Lipinski definition) is 3. The Morgan fingerprint density at radius 1 is 1.24 bits per heavy atom. The van der Waals surface area contributed by atoms with E-state index in [0.29, 0.717) is 12.8 Å². The number of benzene rings is 1. The first-order chi connectivity index (χ1) is 10.0. The second-order valence-corrected chi connectivity index (χ2v) is 5.46. The molecule has 4 nitrogen and oxygen atoms in total. The van der Waals surface area contributed by atoms with E-state index in [1.807, 2.05) is 37.3 Å². The van der Waals surface area contributed by atoms with E-state index in [4.69, 9.17) is 4.74 Å². The van der Waals surface area contributed by atoms with Gasteiger partial charge in [0.15, 0.2) is 0 Å². The zero-order chi connectivity index (χ0) is 15.7. The quantitative estimate of drug-likeness (QED) is 0.749. The van der Waals surface area contributed by atoms with E-state index < -0.39 is 5.54 Å². The summed E-state index contributed by atoms with van der Waals surface area (Å²) in [5, 5.41) is 2.82. The van der Waals surface area contributed by atoms with E-state index >= 15 is 0 Å². The fourth-order valence-corrected chi connectivity index (χ4v) is 2.41. The average Bonchev–Trinajstić information content (AvgIpc) is 2.47. The number of amides is 1. The lowest BCUT2D eigenvalue weighted by atomic mass is 9.95. The molecule has 0 radical (unpaired) electrons. The highest BCUT2D eigenvalue weighted by molar-refractivity contribution is 5.87. The summed E-state index contributed by atoms with van der Waals surface area (Å²) >= 11 is 0. The van der Waals surface area contributed by atoms with Crippen LogP contribution in [0, 0.1) is 0 Å². The molecule has 1 rings (SSSR count). The number of aryl methyl sites for hydroxylation is 1. The van der Waals surface area contributed by atoms with Crippen LogP contribution in [-0.4, -0.2) is 24.5 Å². The third kappa shape index (κ3) is 5.58. The second-order valence-electron chi connectivity index (χ2n) is 5.46. The Morgan fingerprint density at radius 2 is 1.90 bits per heavy atom. The maximum atomic E-state index is 12.0. The highest BCUT2D eigenvalue weighted by Crippen LogP contribution is 2.15. The molecule has 0 saturated carbocycles. The average molecular weight is 291 g/mol. The zero-order valence-corrected chi connectivity index (χ0v) is 13.1. The van der Waals surface area contributed by atoms with Crippen molar-refractivity contribution in [1.82, 2.24) is 5.32 Å².